The number of para-hydroxylation sites is 1. The Hall–Kier alpha value is -2.20. The average molecular weight is 300 g/mol. The predicted molar refractivity (Wildman–Crippen MR) is 83.6 cm³/mol. The number of fused-ring (bicyclic) bond motifs is 1. The molecule has 0 saturated heterocycles. The van der Waals surface area contributed by atoms with Crippen molar-refractivity contribution in [2.75, 3.05) is 0 Å². The highest BCUT2D eigenvalue weighted by Gasteiger charge is 2.16. The molecule has 5 heteroatoms. The average Bonchev–Trinajstić information content (AvgIpc) is 2.55. The van der Waals surface area contributed by atoms with Gasteiger partial charge >= 0.3 is 0 Å². The summed E-state index contributed by atoms with van der Waals surface area (Å²) < 4.78 is 1.66. The van der Waals surface area contributed by atoms with E-state index in [0.717, 1.165) is 5.56 Å². The van der Waals surface area contributed by atoms with Crippen LogP contribution in [0.25, 0.3) is 10.9 Å². The van der Waals surface area contributed by atoms with Crippen LogP contribution in [-0.2, 0) is 5.88 Å². The van der Waals surface area contributed by atoms with Crippen molar-refractivity contribution in [1.29, 1.82) is 0 Å². The number of hydrogen-bond acceptors (Lipinski definition) is 3. The van der Waals surface area contributed by atoms with E-state index >= 15 is 0 Å². The Bertz CT molecular complexity index is 830. The number of aromatic nitrogens is 3. The summed E-state index contributed by atoms with van der Waals surface area (Å²) in [6, 6.07) is 11.0. The van der Waals surface area contributed by atoms with Crippen molar-refractivity contribution >= 4 is 22.5 Å². The van der Waals surface area contributed by atoms with Crippen LogP contribution in [0.5, 0.6) is 0 Å². The van der Waals surface area contributed by atoms with Crippen LogP contribution in [0.1, 0.15) is 24.4 Å². The Morgan fingerprint density at radius 3 is 2.62 bits per heavy atom. The van der Waals surface area contributed by atoms with Gasteiger partial charge in [-0.05, 0) is 36.8 Å². The smallest absolute Gasteiger partial charge is 0.261 e. The molecular weight excluding hydrogens is 286 g/mol. The lowest BCUT2D eigenvalue weighted by molar-refractivity contribution is 0.584. The van der Waals surface area contributed by atoms with Gasteiger partial charge in [0.1, 0.15) is 5.82 Å². The summed E-state index contributed by atoms with van der Waals surface area (Å²) in [5, 5.41) is 0.604. The van der Waals surface area contributed by atoms with Crippen LogP contribution in [-0.4, -0.2) is 14.5 Å². The van der Waals surface area contributed by atoms with Gasteiger partial charge in [0, 0.05) is 12.4 Å². The summed E-state index contributed by atoms with van der Waals surface area (Å²) in [6.07, 6.45) is 3.43. The van der Waals surface area contributed by atoms with Gasteiger partial charge in [-0.3, -0.25) is 14.3 Å². The van der Waals surface area contributed by atoms with E-state index in [1.54, 1.807) is 23.0 Å². The first-order valence-corrected chi connectivity index (χ1v) is 7.22. The molecule has 3 rings (SSSR count). The fourth-order valence-corrected chi connectivity index (χ4v) is 2.67. The maximum Gasteiger partial charge on any atom is 0.261 e. The number of alkyl halides is 1. The molecule has 0 amide bonds. The van der Waals surface area contributed by atoms with E-state index < -0.39 is 0 Å². The van der Waals surface area contributed by atoms with Crippen LogP contribution >= 0.6 is 11.6 Å². The predicted octanol–water partition coefficient (Wildman–Crippen LogP) is 3.14. The third kappa shape index (κ3) is 2.43. The lowest BCUT2D eigenvalue weighted by atomic mass is 10.1. The second-order valence-electron chi connectivity index (χ2n) is 4.81. The molecule has 1 atom stereocenters. The third-order valence-electron chi connectivity index (χ3n) is 3.58. The minimum atomic E-state index is -0.147. The first kappa shape index (κ1) is 13.8. The quantitative estimate of drug-likeness (QED) is 0.698. The van der Waals surface area contributed by atoms with Crippen molar-refractivity contribution in [2.45, 2.75) is 18.8 Å². The van der Waals surface area contributed by atoms with Gasteiger partial charge < -0.3 is 0 Å². The van der Waals surface area contributed by atoms with Gasteiger partial charge in [0.15, 0.2) is 0 Å². The summed E-state index contributed by atoms with van der Waals surface area (Å²) in [7, 11) is 0. The van der Waals surface area contributed by atoms with E-state index in [4.69, 9.17) is 11.6 Å². The second kappa shape index (κ2) is 5.66. The standard InChI is InChI=1S/C16H14ClN3O/c1-11(12-6-8-18-9-7-12)20-15(10-17)19-14-5-3-2-4-13(14)16(20)21/h2-9,11H,10H2,1H3. The van der Waals surface area contributed by atoms with Gasteiger partial charge in [-0.1, -0.05) is 12.1 Å². The largest absolute Gasteiger partial charge is 0.288 e. The fraction of sp³-hybridized carbons (Fsp3) is 0.188. The molecule has 0 fully saturated rings. The highest BCUT2D eigenvalue weighted by atomic mass is 35.5. The van der Waals surface area contributed by atoms with Crippen LogP contribution in [0.3, 0.4) is 0 Å². The molecule has 0 aliphatic carbocycles. The topological polar surface area (TPSA) is 47.8 Å². The first-order valence-electron chi connectivity index (χ1n) is 6.68. The highest BCUT2D eigenvalue weighted by molar-refractivity contribution is 6.16. The molecule has 1 aromatic carbocycles. The monoisotopic (exact) mass is 299 g/mol. The summed E-state index contributed by atoms with van der Waals surface area (Å²) in [6.45, 7) is 1.96. The fourth-order valence-electron chi connectivity index (χ4n) is 2.48. The Balaban J connectivity index is 2.26. The van der Waals surface area contributed by atoms with Gasteiger partial charge in [0.05, 0.1) is 22.8 Å². The zero-order chi connectivity index (χ0) is 14.8. The van der Waals surface area contributed by atoms with Gasteiger partial charge in [0.25, 0.3) is 5.56 Å². The minimum absolute atomic E-state index is 0.0689. The van der Waals surface area contributed by atoms with Crippen molar-refractivity contribution < 1.29 is 0 Å². The maximum absolute atomic E-state index is 12.8. The van der Waals surface area contributed by atoms with Crippen LogP contribution in [0.4, 0.5) is 0 Å². The summed E-state index contributed by atoms with van der Waals surface area (Å²) >= 11 is 6.00. The van der Waals surface area contributed by atoms with Crippen molar-refractivity contribution in [2.24, 2.45) is 0 Å². The molecule has 0 spiro atoms. The van der Waals surface area contributed by atoms with E-state index in [9.17, 15) is 4.79 Å². The van der Waals surface area contributed by atoms with Crippen LogP contribution < -0.4 is 5.56 Å². The molecule has 21 heavy (non-hydrogen) atoms. The third-order valence-corrected chi connectivity index (χ3v) is 3.82. The summed E-state index contributed by atoms with van der Waals surface area (Å²) in [5.41, 5.74) is 1.60. The number of benzene rings is 1. The zero-order valence-corrected chi connectivity index (χ0v) is 12.3. The van der Waals surface area contributed by atoms with Crippen LogP contribution in [0.15, 0.2) is 53.6 Å². The van der Waals surface area contributed by atoms with Gasteiger partial charge in [0.2, 0.25) is 0 Å². The van der Waals surface area contributed by atoms with Gasteiger partial charge in [-0.25, -0.2) is 4.98 Å². The number of halogens is 1. The molecule has 1 unspecified atom stereocenters. The zero-order valence-electron chi connectivity index (χ0n) is 11.5. The molecule has 0 aliphatic rings. The Morgan fingerprint density at radius 2 is 1.90 bits per heavy atom. The van der Waals surface area contributed by atoms with E-state index in [-0.39, 0.29) is 17.5 Å². The Kier molecular flexibility index (Phi) is 3.71. The Morgan fingerprint density at radius 1 is 1.19 bits per heavy atom. The molecule has 0 radical (unpaired) electrons. The molecule has 0 saturated carbocycles. The molecule has 4 nitrogen and oxygen atoms in total. The van der Waals surface area contributed by atoms with Crippen molar-refractivity contribution in [3.63, 3.8) is 0 Å². The molecule has 106 valence electrons. The maximum atomic E-state index is 12.8. The first-order chi connectivity index (χ1) is 10.2. The highest BCUT2D eigenvalue weighted by Crippen LogP contribution is 2.19. The number of nitrogens with zero attached hydrogens (tertiary/aromatic N) is 3. The summed E-state index contributed by atoms with van der Waals surface area (Å²) in [5.74, 6) is 0.764. The van der Waals surface area contributed by atoms with E-state index in [2.05, 4.69) is 9.97 Å². The lowest BCUT2D eigenvalue weighted by Gasteiger charge is -2.19. The van der Waals surface area contributed by atoms with Gasteiger partial charge in [-0.15, -0.1) is 11.6 Å². The molecule has 3 aromatic rings. The number of pyridine rings is 1. The molecular formula is C16H14ClN3O. The van der Waals surface area contributed by atoms with Crippen LogP contribution in [0, 0.1) is 0 Å². The lowest BCUT2D eigenvalue weighted by Crippen LogP contribution is -2.28. The molecule has 2 heterocycles. The minimum Gasteiger partial charge on any atom is -0.288 e. The van der Waals surface area contributed by atoms with E-state index in [1.807, 2.05) is 37.3 Å². The molecule has 0 N–H and O–H groups in total. The second-order valence-corrected chi connectivity index (χ2v) is 5.08. The van der Waals surface area contributed by atoms with Crippen molar-refractivity contribution in [3.8, 4) is 0 Å². The van der Waals surface area contributed by atoms with Crippen LogP contribution in [0.2, 0.25) is 0 Å². The van der Waals surface area contributed by atoms with Crippen molar-refractivity contribution in [1.82, 2.24) is 14.5 Å². The summed E-state index contributed by atoms with van der Waals surface area (Å²) in [4.78, 5) is 21.3. The van der Waals surface area contributed by atoms with E-state index in [0.29, 0.717) is 16.7 Å². The molecule has 0 bridgehead atoms. The van der Waals surface area contributed by atoms with Crippen molar-refractivity contribution in [3.05, 3.63) is 70.5 Å². The number of hydrogen-bond donors (Lipinski definition) is 0. The SMILES string of the molecule is CC(c1ccncc1)n1c(CCl)nc2ccccc2c1=O. The molecule has 2 aromatic heterocycles. The number of rotatable bonds is 3. The van der Waals surface area contributed by atoms with E-state index in [1.165, 1.54) is 0 Å². The molecule has 0 aliphatic heterocycles. The normalized spacial score (nSPS) is 12.5. The Labute approximate surface area is 127 Å². The van der Waals surface area contributed by atoms with Gasteiger partial charge in [-0.2, -0.15) is 0 Å².